The Morgan fingerprint density at radius 3 is 2.50 bits per heavy atom. The van der Waals surface area contributed by atoms with E-state index >= 15 is 0 Å². The van der Waals surface area contributed by atoms with Gasteiger partial charge >= 0.3 is 5.97 Å². The highest BCUT2D eigenvalue weighted by Crippen LogP contribution is 2.25. The topological polar surface area (TPSA) is 92.7 Å². The highest BCUT2D eigenvalue weighted by molar-refractivity contribution is 7.99. The third-order valence-corrected chi connectivity index (χ3v) is 6.22. The van der Waals surface area contributed by atoms with Crippen LogP contribution in [0.3, 0.4) is 0 Å². The zero-order chi connectivity index (χ0) is 19.2. The molecule has 6 nitrogen and oxygen atoms in total. The molecule has 2 N–H and O–H groups in total. The van der Waals surface area contributed by atoms with Crippen molar-refractivity contribution >= 4 is 51.0 Å². The van der Waals surface area contributed by atoms with E-state index in [1.807, 2.05) is 0 Å². The van der Waals surface area contributed by atoms with Crippen molar-refractivity contribution in [1.29, 1.82) is 0 Å². The third kappa shape index (κ3) is 6.37. The molecule has 0 unspecified atom stereocenters. The number of hydrogen-bond donors (Lipinski definition) is 2. The predicted octanol–water partition coefficient (Wildman–Crippen LogP) is 3.53. The quantitative estimate of drug-likeness (QED) is 0.462. The average molecular weight is 436 g/mol. The van der Waals surface area contributed by atoms with Gasteiger partial charge in [0.15, 0.2) is 6.61 Å². The molecule has 2 aromatic rings. The molecule has 0 aliphatic carbocycles. The van der Waals surface area contributed by atoms with E-state index in [2.05, 4.69) is 4.72 Å². The number of carbonyl (C=O) groups is 1. The zero-order valence-electron chi connectivity index (χ0n) is 13.3. The van der Waals surface area contributed by atoms with Crippen molar-refractivity contribution in [3.8, 4) is 5.75 Å². The average Bonchev–Trinajstić information content (AvgIpc) is 2.60. The van der Waals surface area contributed by atoms with E-state index in [1.165, 1.54) is 30.0 Å². The van der Waals surface area contributed by atoms with Gasteiger partial charge in [-0.15, -0.1) is 11.8 Å². The lowest BCUT2D eigenvalue weighted by Gasteiger charge is -2.09. The number of halogens is 2. The first-order valence-electron chi connectivity index (χ1n) is 7.30. The van der Waals surface area contributed by atoms with Crippen LogP contribution in [-0.4, -0.2) is 38.4 Å². The van der Waals surface area contributed by atoms with Crippen molar-refractivity contribution in [2.75, 3.05) is 18.9 Å². The van der Waals surface area contributed by atoms with Gasteiger partial charge in [0.25, 0.3) is 0 Å². The first-order valence-corrected chi connectivity index (χ1v) is 10.5. The summed E-state index contributed by atoms with van der Waals surface area (Å²) in [4.78, 5) is 11.3. The lowest BCUT2D eigenvalue weighted by atomic mass is 10.3. The highest BCUT2D eigenvalue weighted by Gasteiger charge is 2.17. The molecule has 2 rings (SSSR count). The van der Waals surface area contributed by atoms with E-state index in [0.717, 1.165) is 4.90 Å². The lowest BCUT2D eigenvalue weighted by molar-refractivity contribution is -0.139. The van der Waals surface area contributed by atoms with Crippen LogP contribution in [0.2, 0.25) is 10.0 Å². The van der Waals surface area contributed by atoms with E-state index in [1.54, 1.807) is 24.3 Å². The Morgan fingerprint density at radius 1 is 1.15 bits per heavy atom. The molecule has 0 aromatic heterocycles. The molecule has 0 atom stereocenters. The number of thioether (sulfide) groups is 1. The summed E-state index contributed by atoms with van der Waals surface area (Å²) in [6, 6.07) is 11.1. The predicted molar refractivity (Wildman–Crippen MR) is 102 cm³/mol. The molecular weight excluding hydrogens is 421 g/mol. The number of rotatable bonds is 9. The number of carboxylic acids is 1. The van der Waals surface area contributed by atoms with Gasteiger partial charge < -0.3 is 9.84 Å². The van der Waals surface area contributed by atoms with E-state index in [9.17, 15) is 13.2 Å². The van der Waals surface area contributed by atoms with Gasteiger partial charge in [0, 0.05) is 22.2 Å². The molecule has 26 heavy (non-hydrogen) atoms. The molecule has 0 fully saturated rings. The number of carboxylic acid groups (broad SMARTS) is 1. The second-order valence-electron chi connectivity index (χ2n) is 4.97. The van der Waals surface area contributed by atoms with Gasteiger partial charge in [-0.25, -0.2) is 17.9 Å². The molecule has 0 aliphatic rings. The van der Waals surface area contributed by atoms with Gasteiger partial charge in [-0.1, -0.05) is 23.2 Å². The molecule has 0 aliphatic heterocycles. The largest absolute Gasteiger partial charge is 0.482 e. The van der Waals surface area contributed by atoms with Crippen molar-refractivity contribution in [1.82, 2.24) is 4.72 Å². The van der Waals surface area contributed by atoms with E-state index in [0.29, 0.717) is 11.5 Å². The number of hydrogen-bond acceptors (Lipinski definition) is 5. The molecule has 0 spiro atoms. The summed E-state index contributed by atoms with van der Waals surface area (Å²) < 4.78 is 32.0. The number of aliphatic carboxylic acids is 1. The monoisotopic (exact) mass is 435 g/mol. The zero-order valence-corrected chi connectivity index (χ0v) is 16.5. The minimum atomic E-state index is -3.75. The highest BCUT2D eigenvalue weighted by atomic mass is 35.5. The molecule has 140 valence electrons. The van der Waals surface area contributed by atoms with Crippen LogP contribution in [0.5, 0.6) is 5.75 Å². The van der Waals surface area contributed by atoms with Gasteiger partial charge in [0.05, 0.1) is 5.02 Å². The smallest absolute Gasteiger partial charge is 0.341 e. The summed E-state index contributed by atoms with van der Waals surface area (Å²) in [6.07, 6.45) is 0. The Balaban J connectivity index is 1.84. The Bertz CT molecular complexity index is 873. The molecule has 0 heterocycles. The summed E-state index contributed by atoms with van der Waals surface area (Å²) >= 11 is 13.2. The van der Waals surface area contributed by atoms with Crippen molar-refractivity contribution in [3.63, 3.8) is 0 Å². The van der Waals surface area contributed by atoms with Gasteiger partial charge in [-0.2, -0.15) is 0 Å². The van der Waals surface area contributed by atoms with Crippen molar-refractivity contribution < 1.29 is 23.1 Å². The standard InChI is InChI=1S/C16H15Cl2NO5S2/c17-11-1-6-14(18)15(9-11)26(22,23)19-7-8-25-13-4-2-12(3-5-13)24-10-16(20)21/h1-6,9,19H,7-8,10H2,(H,20,21). The molecule has 2 aromatic carbocycles. The number of ether oxygens (including phenoxy) is 1. The Kier molecular flexibility index (Phi) is 7.60. The van der Waals surface area contributed by atoms with Gasteiger partial charge in [-0.05, 0) is 42.5 Å². The maximum absolute atomic E-state index is 12.3. The Morgan fingerprint density at radius 2 is 1.85 bits per heavy atom. The maximum atomic E-state index is 12.3. The minimum Gasteiger partial charge on any atom is -0.482 e. The molecule has 10 heteroatoms. The first kappa shape index (κ1) is 20.9. The van der Waals surface area contributed by atoms with Crippen LogP contribution in [0.15, 0.2) is 52.3 Å². The third-order valence-electron chi connectivity index (χ3n) is 3.03. The summed E-state index contributed by atoms with van der Waals surface area (Å²) in [6.45, 7) is -0.201. The lowest BCUT2D eigenvalue weighted by Crippen LogP contribution is -2.26. The van der Waals surface area contributed by atoms with Crippen LogP contribution in [0.1, 0.15) is 0 Å². The van der Waals surface area contributed by atoms with Crippen molar-refractivity contribution in [2.45, 2.75) is 9.79 Å². The van der Waals surface area contributed by atoms with Gasteiger partial charge in [0.2, 0.25) is 10.0 Å². The van der Waals surface area contributed by atoms with Crippen LogP contribution in [-0.2, 0) is 14.8 Å². The van der Waals surface area contributed by atoms with Crippen molar-refractivity contribution in [2.24, 2.45) is 0 Å². The fraction of sp³-hybridized carbons (Fsp3) is 0.188. The van der Waals surface area contributed by atoms with Crippen LogP contribution >= 0.6 is 35.0 Å². The molecule has 0 saturated carbocycles. The minimum absolute atomic E-state index is 0.0587. The first-order chi connectivity index (χ1) is 12.3. The van der Waals surface area contributed by atoms with E-state index in [-0.39, 0.29) is 21.5 Å². The SMILES string of the molecule is O=C(O)COc1ccc(SCCNS(=O)(=O)c2cc(Cl)ccc2Cl)cc1. The number of benzene rings is 2. The molecule has 0 amide bonds. The van der Waals surface area contributed by atoms with Gasteiger partial charge in [0.1, 0.15) is 10.6 Å². The van der Waals surface area contributed by atoms with Crippen LogP contribution in [0, 0.1) is 0 Å². The fourth-order valence-corrected chi connectivity index (χ4v) is 4.57. The van der Waals surface area contributed by atoms with E-state index in [4.69, 9.17) is 33.0 Å². The summed E-state index contributed by atoms with van der Waals surface area (Å²) in [5, 5.41) is 8.94. The van der Waals surface area contributed by atoms with Gasteiger partial charge in [-0.3, -0.25) is 0 Å². The van der Waals surface area contributed by atoms with E-state index < -0.39 is 22.6 Å². The maximum Gasteiger partial charge on any atom is 0.341 e. The summed E-state index contributed by atoms with van der Waals surface area (Å²) in [5.41, 5.74) is 0. The second kappa shape index (κ2) is 9.48. The summed E-state index contributed by atoms with van der Waals surface area (Å²) in [5.74, 6) is -0.101. The van der Waals surface area contributed by atoms with Crippen LogP contribution < -0.4 is 9.46 Å². The fourth-order valence-electron chi connectivity index (χ4n) is 1.88. The Hall–Kier alpha value is -1.45. The van der Waals surface area contributed by atoms with Crippen molar-refractivity contribution in [3.05, 3.63) is 52.5 Å². The summed E-state index contributed by atoms with van der Waals surface area (Å²) in [7, 11) is -3.75. The number of nitrogens with one attached hydrogen (secondary N) is 1. The Labute approximate surface area is 165 Å². The molecule has 0 saturated heterocycles. The van der Waals surface area contributed by atoms with Crippen LogP contribution in [0.4, 0.5) is 0 Å². The van der Waals surface area contributed by atoms with Crippen LogP contribution in [0.25, 0.3) is 0 Å². The molecule has 0 bridgehead atoms. The molecule has 0 radical (unpaired) electrons. The molecular formula is C16H15Cl2NO5S2. The number of sulfonamides is 1. The second-order valence-corrected chi connectivity index (χ2v) is 8.72. The normalized spacial score (nSPS) is 11.3.